The molecule has 0 saturated heterocycles. The first kappa shape index (κ1) is 29.7. The number of aryl methyl sites for hydroxylation is 1. The molecule has 0 atom stereocenters. The highest BCUT2D eigenvalue weighted by atomic mass is 16.5. The van der Waals surface area contributed by atoms with Crippen LogP contribution in [0, 0.1) is 0 Å². The smallest absolute Gasteiger partial charge is 0.306 e. The summed E-state index contributed by atoms with van der Waals surface area (Å²) in [6.07, 6.45) is 2.95. The zero-order valence-corrected chi connectivity index (χ0v) is 24.3. The van der Waals surface area contributed by atoms with Crippen LogP contribution < -0.4 is 4.74 Å². The fraction of sp³-hybridized carbons (Fsp3) is 0.594. The minimum atomic E-state index is -0.185. The van der Waals surface area contributed by atoms with Gasteiger partial charge in [0.25, 0.3) is 0 Å². The van der Waals surface area contributed by atoms with E-state index in [4.69, 9.17) is 9.47 Å². The first-order valence-corrected chi connectivity index (χ1v) is 13.3. The summed E-state index contributed by atoms with van der Waals surface area (Å²) in [5.41, 5.74) is 4.65. The fourth-order valence-corrected chi connectivity index (χ4v) is 4.18. The molecule has 2 aromatic carbocycles. The molecule has 36 heavy (non-hydrogen) atoms. The van der Waals surface area contributed by atoms with E-state index in [1.54, 1.807) is 0 Å². The third-order valence-corrected chi connectivity index (χ3v) is 6.41. The quantitative estimate of drug-likeness (QED) is 0.281. The molecule has 0 fully saturated rings. The molecule has 0 radical (unpaired) electrons. The summed E-state index contributed by atoms with van der Waals surface area (Å²) in [7, 11) is 0. The molecule has 1 N–H and O–H groups in total. The number of hydrogen-bond donors (Lipinski definition) is 1. The molecule has 0 spiro atoms. The van der Waals surface area contributed by atoms with Crippen molar-refractivity contribution in [2.24, 2.45) is 0 Å². The van der Waals surface area contributed by atoms with Crippen LogP contribution in [0.1, 0.15) is 116 Å². The molecule has 0 bridgehead atoms. The maximum Gasteiger partial charge on any atom is 0.306 e. The molecule has 2 rings (SSSR count). The van der Waals surface area contributed by atoms with E-state index in [-0.39, 0.29) is 22.2 Å². The summed E-state index contributed by atoms with van der Waals surface area (Å²) in [6.45, 7) is 22.2. The highest BCUT2D eigenvalue weighted by Crippen LogP contribution is 2.40. The van der Waals surface area contributed by atoms with Crippen LogP contribution >= 0.6 is 0 Å². The highest BCUT2D eigenvalue weighted by Gasteiger charge is 2.27. The molecule has 0 aliphatic heterocycles. The van der Waals surface area contributed by atoms with Crippen molar-refractivity contribution in [1.82, 2.24) is 0 Å². The molecule has 0 heterocycles. The van der Waals surface area contributed by atoms with Crippen LogP contribution in [0.2, 0.25) is 0 Å². The lowest BCUT2D eigenvalue weighted by molar-refractivity contribution is -0.143. The van der Waals surface area contributed by atoms with Crippen LogP contribution in [0.15, 0.2) is 30.3 Å². The van der Waals surface area contributed by atoms with Gasteiger partial charge in [-0.15, -0.1) is 0 Å². The number of rotatable bonds is 9. The molecule has 2 aromatic rings. The average Bonchev–Trinajstić information content (AvgIpc) is 2.75. The third kappa shape index (κ3) is 8.28. The molecule has 200 valence electrons. The predicted molar refractivity (Wildman–Crippen MR) is 149 cm³/mol. The van der Waals surface area contributed by atoms with E-state index < -0.39 is 0 Å². The molecule has 0 aliphatic rings. The van der Waals surface area contributed by atoms with E-state index in [0.29, 0.717) is 31.8 Å². The number of aromatic hydroxyl groups is 1. The number of carbonyl (C=O) groups is 1. The first-order valence-electron chi connectivity index (χ1n) is 13.3. The largest absolute Gasteiger partial charge is 0.507 e. The molecule has 4 heteroatoms. The van der Waals surface area contributed by atoms with E-state index in [2.05, 4.69) is 87.4 Å². The summed E-state index contributed by atoms with van der Waals surface area (Å²) in [6, 6.07) is 10.4. The second-order valence-corrected chi connectivity index (χ2v) is 13.0. The van der Waals surface area contributed by atoms with Gasteiger partial charge in [-0.05, 0) is 75.1 Å². The van der Waals surface area contributed by atoms with Gasteiger partial charge in [0.1, 0.15) is 18.1 Å². The number of phenolic OH excluding ortho intramolecular Hbond substituents is 1. The van der Waals surface area contributed by atoms with Crippen molar-refractivity contribution in [3.63, 3.8) is 0 Å². The predicted octanol–water partition coefficient (Wildman–Crippen LogP) is 8.14. The fourth-order valence-electron chi connectivity index (χ4n) is 4.18. The molecular weight excluding hydrogens is 448 g/mol. The van der Waals surface area contributed by atoms with Crippen LogP contribution in [0.25, 0.3) is 0 Å². The number of esters is 1. The standard InChI is InChI=1S/C32H48O4/c1-11-12-17-35-28(33)16-14-22-13-15-27(24(18-22)30(2,3)4)36-21-23-19-25(31(5,6)7)29(34)26(20-23)32(8,9)10/h13,15,18-20,34H,11-12,14,16-17,21H2,1-10H3. The van der Waals surface area contributed by atoms with Crippen LogP contribution in [-0.2, 0) is 38.8 Å². The van der Waals surface area contributed by atoms with Crippen LogP contribution in [0.3, 0.4) is 0 Å². The second-order valence-electron chi connectivity index (χ2n) is 13.0. The summed E-state index contributed by atoms with van der Waals surface area (Å²) in [5.74, 6) is 1.09. The number of phenols is 1. The molecule has 0 aliphatic carbocycles. The number of unbranched alkanes of at least 4 members (excludes halogenated alkanes) is 1. The Bertz CT molecular complexity index is 995. The summed E-state index contributed by atoms with van der Waals surface area (Å²) >= 11 is 0. The van der Waals surface area contributed by atoms with Crippen molar-refractivity contribution in [3.05, 3.63) is 58.1 Å². The molecule has 0 aromatic heterocycles. The number of carbonyl (C=O) groups excluding carboxylic acids is 1. The van der Waals surface area contributed by atoms with E-state index in [9.17, 15) is 9.90 Å². The maximum atomic E-state index is 12.1. The van der Waals surface area contributed by atoms with Gasteiger partial charge in [0, 0.05) is 6.42 Å². The lowest BCUT2D eigenvalue weighted by Crippen LogP contribution is -2.18. The maximum absolute atomic E-state index is 12.1. The lowest BCUT2D eigenvalue weighted by Gasteiger charge is -2.28. The zero-order chi connectivity index (χ0) is 27.3. The Morgan fingerprint density at radius 2 is 1.33 bits per heavy atom. The van der Waals surface area contributed by atoms with Crippen molar-refractivity contribution >= 4 is 5.97 Å². The SMILES string of the molecule is CCCCOC(=O)CCc1ccc(OCc2cc(C(C)(C)C)c(O)c(C(C)(C)C)c2)c(C(C)(C)C)c1. The summed E-state index contributed by atoms with van der Waals surface area (Å²) in [5, 5.41) is 11.0. The second kappa shape index (κ2) is 11.7. The number of hydrogen-bond acceptors (Lipinski definition) is 4. The topological polar surface area (TPSA) is 55.8 Å². The molecule has 0 saturated carbocycles. The van der Waals surface area contributed by atoms with Crippen molar-refractivity contribution < 1.29 is 19.4 Å². The van der Waals surface area contributed by atoms with Crippen LogP contribution in [0.4, 0.5) is 0 Å². The van der Waals surface area contributed by atoms with Gasteiger partial charge in [0.15, 0.2) is 0 Å². The molecular formula is C32H48O4. The van der Waals surface area contributed by atoms with Gasteiger partial charge in [-0.3, -0.25) is 4.79 Å². The Balaban J connectivity index is 2.28. The highest BCUT2D eigenvalue weighted by molar-refractivity contribution is 5.69. The van der Waals surface area contributed by atoms with Gasteiger partial charge in [0.05, 0.1) is 6.61 Å². The third-order valence-electron chi connectivity index (χ3n) is 6.41. The van der Waals surface area contributed by atoms with Gasteiger partial charge < -0.3 is 14.6 Å². The lowest BCUT2D eigenvalue weighted by atomic mass is 9.78. The van der Waals surface area contributed by atoms with E-state index >= 15 is 0 Å². The Labute approximate surface area is 219 Å². The van der Waals surface area contributed by atoms with E-state index in [0.717, 1.165) is 46.4 Å². The number of ether oxygens (including phenoxy) is 2. The Hall–Kier alpha value is -2.49. The average molecular weight is 497 g/mol. The molecule has 0 amide bonds. The van der Waals surface area contributed by atoms with E-state index in [1.807, 2.05) is 12.1 Å². The van der Waals surface area contributed by atoms with Gasteiger partial charge in [0.2, 0.25) is 0 Å². The summed E-state index contributed by atoms with van der Waals surface area (Å²) < 4.78 is 11.7. The summed E-state index contributed by atoms with van der Waals surface area (Å²) in [4.78, 5) is 12.1. The molecule has 4 nitrogen and oxygen atoms in total. The minimum Gasteiger partial charge on any atom is -0.507 e. The van der Waals surface area contributed by atoms with Crippen molar-refractivity contribution in [1.29, 1.82) is 0 Å². The Morgan fingerprint density at radius 3 is 1.83 bits per heavy atom. The van der Waals surface area contributed by atoms with Crippen molar-refractivity contribution in [2.45, 2.75) is 118 Å². The van der Waals surface area contributed by atoms with Crippen molar-refractivity contribution in [2.75, 3.05) is 6.61 Å². The van der Waals surface area contributed by atoms with Crippen molar-refractivity contribution in [3.8, 4) is 11.5 Å². The Kier molecular flexibility index (Phi) is 9.67. The minimum absolute atomic E-state index is 0.116. The van der Waals surface area contributed by atoms with Crippen LogP contribution in [-0.4, -0.2) is 17.7 Å². The van der Waals surface area contributed by atoms with Gasteiger partial charge >= 0.3 is 5.97 Å². The van der Waals surface area contributed by atoms with Gasteiger partial charge in [-0.25, -0.2) is 0 Å². The van der Waals surface area contributed by atoms with Gasteiger partial charge in [-0.2, -0.15) is 0 Å². The molecule has 0 unspecified atom stereocenters. The van der Waals surface area contributed by atoms with Crippen LogP contribution in [0.5, 0.6) is 11.5 Å². The monoisotopic (exact) mass is 496 g/mol. The number of benzene rings is 2. The zero-order valence-electron chi connectivity index (χ0n) is 24.3. The van der Waals surface area contributed by atoms with Gasteiger partial charge in [-0.1, -0.05) is 87.8 Å². The van der Waals surface area contributed by atoms with E-state index in [1.165, 1.54) is 0 Å². The first-order chi connectivity index (χ1) is 16.5. The Morgan fingerprint density at radius 1 is 0.806 bits per heavy atom. The normalized spacial score (nSPS) is 12.5.